The molecule has 4 atom stereocenters. The van der Waals surface area contributed by atoms with E-state index < -0.39 is 44.9 Å². The summed E-state index contributed by atoms with van der Waals surface area (Å²) >= 11 is 16.4. The first-order valence-electron chi connectivity index (χ1n) is 22.6. The third-order valence-electron chi connectivity index (χ3n) is 12.0. The molecule has 72 heavy (non-hydrogen) atoms. The van der Waals surface area contributed by atoms with Gasteiger partial charge in [-0.05, 0) is 108 Å². The summed E-state index contributed by atoms with van der Waals surface area (Å²) in [4.78, 5) is 43.6. The summed E-state index contributed by atoms with van der Waals surface area (Å²) < 4.78 is 60.5. The van der Waals surface area contributed by atoms with Gasteiger partial charge in [-0.15, -0.1) is 0 Å². The zero-order chi connectivity index (χ0) is 51.1. The molecule has 15 nitrogen and oxygen atoms in total. The highest BCUT2D eigenvalue weighted by Gasteiger charge is 2.43. The Bertz CT molecular complexity index is 3120. The summed E-state index contributed by atoms with van der Waals surface area (Å²) in [6.45, 7) is 3.96. The molecule has 2 aliphatic heterocycles. The van der Waals surface area contributed by atoms with Crippen molar-refractivity contribution in [1.82, 2.24) is 14.6 Å². The number of hydrogen-bond donors (Lipinski definition) is 2. The first kappa shape index (κ1) is 52.3. The molecule has 6 aromatic rings. The fourth-order valence-corrected chi connectivity index (χ4v) is 11.7. The van der Waals surface area contributed by atoms with Crippen LogP contribution in [-0.2, 0) is 59.9 Å². The molecule has 0 spiro atoms. The van der Waals surface area contributed by atoms with Gasteiger partial charge in [-0.2, -0.15) is 9.57 Å². The standard InChI is InChI=1S/C52H48BrCl2N5O10S2/c1-30-51(71-52(58-30)57-18-19-67-28-41(53)31(2)61)72(64,65)60-26-39-24-47-46(69-29-48(70-47)37-13-15-40(16-14-37)68-27-34-8-17-42(54)43(55)20-34)23-38(39)22-45(60)49(62)59-44(50(63)66-3)21-32-4-9-35(10-5-32)36-11-6-33(25-56)7-12-36/h4-17,20,23-24,41,44-45,48H,18-19,21-22,26-29H2,1-3H3,(H,57,58)(H,59,62). The number of halogens is 3. The van der Waals surface area contributed by atoms with Crippen LogP contribution in [-0.4, -0.2) is 85.8 Å². The molecule has 0 aliphatic carbocycles. The van der Waals surface area contributed by atoms with Crippen molar-refractivity contribution < 1.29 is 46.5 Å². The van der Waals surface area contributed by atoms with Crippen molar-refractivity contribution in [3.63, 3.8) is 0 Å². The molecular weight excluding hydrogens is 1070 g/mol. The van der Waals surface area contributed by atoms with Crippen LogP contribution < -0.4 is 24.8 Å². The average Bonchev–Trinajstić information content (AvgIpc) is 3.78. The largest absolute Gasteiger partial charge is 0.489 e. The van der Waals surface area contributed by atoms with Crippen LogP contribution in [0.3, 0.4) is 0 Å². The molecule has 8 rings (SSSR count). The van der Waals surface area contributed by atoms with Crippen LogP contribution >= 0.6 is 50.5 Å². The number of alkyl halides is 1. The number of aromatic nitrogens is 1. The number of aryl methyl sites for hydroxylation is 1. The molecule has 2 aliphatic rings. The van der Waals surface area contributed by atoms with E-state index in [-0.39, 0.29) is 68.0 Å². The van der Waals surface area contributed by atoms with Crippen molar-refractivity contribution in [2.75, 3.05) is 38.8 Å². The van der Waals surface area contributed by atoms with Crippen LogP contribution in [0, 0.1) is 18.3 Å². The molecule has 1 aromatic heterocycles. The molecule has 20 heteroatoms. The molecule has 374 valence electrons. The summed E-state index contributed by atoms with van der Waals surface area (Å²) in [6, 6.07) is 30.5. The van der Waals surface area contributed by atoms with E-state index in [4.69, 9.17) is 46.9 Å². The molecule has 3 heterocycles. The third-order valence-corrected chi connectivity index (χ3v) is 17.2. The normalized spacial score (nSPS) is 16.1. The van der Waals surface area contributed by atoms with Gasteiger partial charge < -0.3 is 34.3 Å². The lowest BCUT2D eigenvalue weighted by Gasteiger charge is -2.36. The highest BCUT2D eigenvalue weighted by atomic mass is 79.9. The van der Waals surface area contributed by atoms with Gasteiger partial charge in [-0.25, -0.2) is 18.2 Å². The van der Waals surface area contributed by atoms with E-state index in [1.54, 1.807) is 43.3 Å². The molecule has 0 bridgehead atoms. The number of thiazole rings is 1. The Morgan fingerprint density at radius 2 is 1.64 bits per heavy atom. The second-order valence-corrected chi connectivity index (χ2v) is 22.0. The minimum Gasteiger partial charge on any atom is -0.489 e. The van der Waals surface area contributed by atoms with Gasteiger partial charge in [0.2, 0.25) is 5.91 Å². The number of nitrogens with zero attached hydrogens (tertiary/aromatic N) is 3. The fraction of sp³-hybridized carbons (Fsp3) is 0.288. The third kappa shape index (κ3) is 12.4. The van der Waals surface area contributed by atoms with E-state index >= 15 is 0 Å². The predicted molar refractivity (Wildman–Crippen MR) is 277 cm³/mol. The minimum absolute atomic E-state index is 0.0498. The predicted octanol–water partition coefficient (Wildman–Crippen LogP) is 9.19. The zero-order valence-corrected chi connectivity index (χ0v) is 43.9. The van der Waals surface area contributed by atoms with Gasteiger partial charge in [0.15, 0.2) is 26.9 Å². The van der Waals surface area contributed by atoms with Crippen molar-refractivity contribution in [3.05, 3.63) is 152 Å². The molecule has 0 saturated heterocycles. The zero-order valence-electron chi connectivity index (χ0n) is 39.2. The van der Waals surface area contributed by atoms with E-state index in [0.717, 1.165) is 37.9 Å². The number of ketones is 1. The monoisotopic (exact) mass is 1120 g/mol. The lowest BCUT2D eigenvalue weighted by atomic mass is 9.93. The highest BCUT2D eigenvalue weighted by Crippen LogP contribution is 2.43. The SMILES string of the molecule is COC(=O)C(Cc1ccc(-c2ccc(C#N)cc2)cc1)NC(=O)C1Cc2cc3c(cc2CN1S(=O)(=O)c1sc(NCCOCC(Br)C(C)=O)nc1C)OC(c1ccc(OCc2ccc(Cl)c(Cl)c2)cc1)CO3. The van der Waals surface area contributed by atoms with E-state index in [0.29, 0.717) is 54.7 Å². The molecule has 4 unspecified atom stereocenters. The number of carbonyl (C=O) groups is 3. The Balaban J connectivity index is 1.02. The van der Waals surface area contributed by atoms with Crippen molar-refractivity contribution in [2.45, 2.75) is 67.1 Å². The Hall–Kier alpha value is -6.04. The Morgan fingerprint density at radius 3 is 2.32 bits per heavy atom. The van der Waals surface area contributed by atoms with Gasteiger partial charge in [-0.1, -0.05) is 105 Å². The first-order chi connectivity index (χ1) is 34.6. The number of fused-ring (bicyclic) bond motifs is 2. The van der Waals surface area contributed by atoms with Crippen molar-refractivity contribution in [2.24, 2.45) is 0 Å². The number of nitriles is 1. The van der Waals surface area contributed by atoms with Crippen LogP contribution in [0.2, 0.25) is 10.0 Å². The lowest BCUT2D eigenvalue weighted by Crippen LogP contribution is -2.56. The highest BCUT2D eigenvalue weighted by molar-refractivity contribution is 9.10. The number of carbonyl (C=O) groups excluding carboxylic acids is 3. The second kappa shape index (κ2) is 23.2. The Kier molecular flexibility index (Phi) is 16.9. The number of esters is 1. The summed E-state index contributed by atoms with van der Waals surface area (Å²) in [6.07, 6.45) is -0.518. The van der Waals surface area contributed by atoms with Gasteiger partial charge in [0.1, 0.15) is 36.8 Å². The Labute approximate surface area is 439 Å². The maximum atomic E-state index is 15.0. The number of methoxy groups -OCH3 is 1. The van der Waals surface area contributed by atoms with Crippen LogP contribution in [0.15, 0.2) is 107 Å². The summed E-state index contributed by atoms with van der Waals surface area (Å²) in [7, 11) is -3.22. The number of ether oxygens (including phenoxy) is 5. The Morgan fingerprint density at radius 1 is 0.944 bits per heavy atom. The maximum absolute atomic E-state index is 15.0. The van der Waals surface area contributed by atoms with E-state index in [9.17, 15) is 28.1 Å². The van der Waals surface area contributed by atoms with Crippen LogP contribution in [0.1, 0.15) is 52.1 Å². The van der Waals surface area contributed by atoms with Crippen LogP contribution in [0.5, 0.6) is 17.2 Å². The van der Waals surface area contributed by atoms with E-state index in [1.165, 1.54) is 14.0 Å². The number of hydrogen-bond acceptors (Lipinski definition) is 14. The first-order valence-corrected chi connectivity index (χ1v) is 26.6. The number of benzene rings is 5. The van der Waals surface area contributed by atoms with Crippen molar-refractivity contribution in [3.8, 4) is 34.4 Å². The molecule has 0 radical (unpaired) electrons. The molecular formula is C52H48BrCl2N5O10S2. The minimum atomic E-state index is -4.44. The second-order valence-electron chi connectivity index (χ2n) is 17.0. The number of sulfonamides is 1. The number of anilines is 1. The van der Waals surface area contributed by atoms with E-state index in [1.807, 2.05) is 66.7 Å². The summed E-state index contributed by atoms with van der Waals surface area (Å²) in [5.74, 6) is -0.0178. The molecule has 1 amide bonds. The molecule has 2 N–H and O–H groups in total. The number of nitrogens with one attached hydrogen (secondary N) is 2. The smallest absolute Gasteiger partial charge is 0.328 e. The average molecular weight is 1120 g/mol. The number of rotatable bonds is 19. The number of Topliss-reactive ketones (excluding diaryl/α,β-unsaturated/α-hetero) is 1. The van der Waals surface area contributed by atoms with Gasteiger partial charge in [0.05, 0.1) is 52.5 Å². The van der Waals surface area contributed by atoms with Gasteiger partial charge >= 0.3 is 5.97 Å². The van der Waals surface area contributed by atoms with Gasteiger partial charge in [-0.3, -0.25) is 9.59 Å². The molecule has 0 saturated carbocycles. The molecule has 0 fully saturated rings. The fourth-order valence-electron chi connectivity index (χ4n) is 8.09. The van der Waals surface area contributed by atoms with Gasteiger partial charge in [0, 0.05) is 19.5 Å². The van der Waals surface area contributed by atoms with Crippen LogP contribution in [0.4, 0.5) is 5.13 Å². The van der Waals surface area contributed by atoms with Crippen molar-refractivity contribution >= 4 is 83.3 Å². The topological polar surface area (TPSA) is 195 Å². The van der Waals surface area contributed by atoms with Gasteiger partial charge in [0.25, 0.3) is 10.0 Å². The van der Waals surface area contributed by atoms with Crippen molar-refractivity contribution in [1.29, 1.82) is 5.26 Å². The maximum Gasteiger partial charge on any atom is 0.328 e. The summed E-state index contributed by atoms with van der Waals surface area (Å²) in [5, 5.41) is 16.4. The summed E-state index contributed by atoms with van der Waals surface area (Å²) in [5.41, 5.74) is 6.19. The van der Waals surface area contributed by atoms with E-state index in [2.05, 4.69) is 37.6 Å². The lowest BCUT2D eigenvalue weighted by molar-refractivity contribution is -0.145. The number of amides is 1. The quantitative estimate of drug-likeness (QED) is 0.0443. The molecule has 5 aromatic carbocycles. The van der Waals surface area contributed by atoms with Crippen LogP contribution in [0.25, 0.3) is 11.1 Å².